The summed E-state index contributed by atoms with van der Waals surface area (Å²) in [4.78, 5) is 27.5. The first-order valence-electron chi connectivity index (χ1n) is 7.81. The van der Waals surface area contributed by atoms with Gasteiger partial charge in [0, 0.05) is 0 Å². The molecule has 0 saturated heterocycles. The molecular formula is C17H23N5O2. The van der Waals surface area contributed by atoms with Gasteiger partial charge < -0.3 is 11.5 Å². The molecule has 1 unspecified atom stereocenters. The Bertz CT molecular complexity index is 737. The topological polar surface area (TPSA) is 117 Å². The Labute approximate surface area is 141 Å². The highest BCUT2D eigenvalue weighted by Gasteiger charge is 2.29. The Morgan fingerprint density at radius 2 is 1.96 bits per heavy atom. The maximum atomic E-state index is 11.8. The molecular weight excluding hydrogens is 306 g/mol. The van der Waals surface area contributed by atoms with Crippen LogP contribution >= 0.6 is 0 Å². The number of primary amides is 2. The summed E-state index contributed by atoms with van der Waals surface area (Å²) in [6.45, 7) is 5.90. The molecule has 0 spiro atoms. The van der Waals surface area contributed by atoms with Crippen molar-refractivity contribution in [3.63, 3.8) is 0 Å². The van der Waals surface area contributed by atoms with Crippen molar-refractivity contribution >= 4 is 11.8 Å². The van der Waals surface area contributed by atoms with Gasteiger partial charge in [0.15, 0.2) is 0 Å². The molecule has 2 aromatic rings. The van der Waals surface area contributed by atoms with Crippen molar-refractivity contribution in [3.8, 4) is 0 Å². The Hall–Kier alpha value is -2.70. The van der Waals surface area contributed by atoms with Crippen LogP contribution in [0.3, 0.4) is 0 Å². The van der Waals surface area contributed by atoms with Gasteiger partial charge in [0.05, 0.1) is 17.9 Å². The summed E-state index contributed by atoms with van der Waals surface area (Å²) in [5.74, 6) is -1.24. The molecule has 0 aliphatic rings. The molecule has 1 heterocycles. The maximum absolute atomic E-state index is 11.8. The second-order valence-corrected chi connectivity index (χ2v) is 6.41. The van der Waals surface area contributed by atoms with E-state index in [4.69, 9.17) is 11.5 Å². The molecule has 7 heteroatoms. The fourth-order valence-corrected chi connectivity index (χ4v) is 2.62. The molecule has 7 nitrogen and oxygen atoms in total. The molecule has 0 saturated carbocycles. The Kier molecular flexibility index (Phi) is 5.02. The average Bonchev–Trinajstić information content (AvgIpc) is 3.00. The second kappa shape index (κ2) is 6.82. The highest BCUT2D eigenvalue weighted by molar-refractivity contribution is 5.86. The van der Waals surface area contributed by atoms with E-state index in [1.54, 1.807) is 24.9 Å². The minimum absolute atomic E-state index is 0.391. The van der Waals surface area contributed by atoms with E-state index in [0.717, 1.165) is 16.7 Å². The second-order valence-electron chi connectivity index (χ2n) is 6.41. The molecule has 0 radical (unpaired) electrons. The number of rotatable bonds is 7. The van der Waals surface area contributed by atoms with Gasteiger partial charge in [-0.15, -0.1) is 0 Å². The van der Waals surface area contributed by atoms with Gasteiger partial charge in [-0.3, -0.25) is 9.59 Å². The van der Waals surface area contributed by atoms with Gasteiger partial charge in [-0.25, -0.2) is 9.67 Å². The quantitative estimate of drug-likeness (QED) is 0.790. The lowest BCUT2D eigenvalue weighted by atomic mass is 9.80. The maximum Gasteiger partial charge on any atom is 0.227 e. The van der Waals surface area contributed by atoms with Gasteiger partial charge in [-0.2, -0.15) is 5.10 Å². The minimum atomic E-state index is -0.858. The molecule has 128 valence electrons. The molecule has 1 aromatic heterocycles. The lowest BCUT2D eigenvalue weighted by molar-refractivity contribution is -0.122. The molecule has 0 aliphatic heterocycles. The molecule has 2 amide bonds. The van der Waals surface area contributed by atoms with Gasteiger partial charge >= 0.3 is 0 Å². The summed E-state index contributed by atoms with van der Waals surface area (Å²) >= 11 is 0. The van der Waals surface area contributed by atoms with Crippen LogP contribution in [0.15, 0.2) is 30.9 Å². The molecule has 0 aliphatic carbocycles. The SMILES string of the molecule is CCC(C(N)=O)c1cc(Cn2cncn2)cc(C(C)(C)C(N)=O)c1. The van der Waals surface area contributed by atoms with Crippen molar-refractivity contribution in [2.45, 2.75) is 45.1 Å². The zero-order valence-electron chi connectivity index (χ0n) is 14.2. The summed E-state index contributed by atoms with van der Waals surface area (Å²) < 4.78 is 1.67. The number of nitrogens with two attached hydrogens (primary N) is 2. The van der Waals surface area contributed by atoms with Gasteiger partial charge in [-0.1, -0.05) is 25.1 Å². The Morgan fingerprint density at radius 3 is 2.46 bits per heavy atom. The van der Waals surface area contributed by atoms with Crippen LogP contribution in [0.25, 0.3) is 0 Å². The van der Waals surface area contributed by atoms with Crippen LogP contribution < -0.4 is 11.5 Å². The lowest BCUT2D eigenvalue weighted by Crippen LogP contribution is -2.36. The van der Waals surface area contributed by atoms with E-state index in [2.05, 4.69) is 10.1 Å². The van der Waals surface area contributed by atoms with Gasteiger partial charge in [0.2, 0.25) is 11.8 Å². The third-order valence-corrected chi connectivity index (χ3v) is 4.32. The fourth-order valence-electron chi connectivity index (χ4n) is 2.62. The van der Waals surface area contributed by atoms with E-state index in [-0.39, 0.29) is 0 Å². The third-order valence-electron chi connectivity index (χ3n) is 4.32. The van der Waals surface area contributed by atoms with Crippen LogP contribution in [0.4, 0.5) is 0 Å². The lowest BCUT2D eigenvalue weighted by Gasteiger charge is -2.24. The van der Waals surface area contributed by atoms with Crippen molar-refractivity contribution in [3.05, 3.63) is 47.5 Å². The zero-order chi connectivity index (χ0) is 17.9. The number of aromatic nitrogens is 3. The molecule has 1 aromatic carbocycles. The molecule has 24 heavy (non-hydrogen) atoms. The monoisotopic (exact) mass is 329 g/mol. The number of hydrogen-bond donors (Lipinski definition) is 2. The molecule has 0 fully saturated rings. The number of carbonyl (C=O) groups is 2. The molecule has 0 bridgehead atoms. The van der Waals surface area contributed by atoms with Crippen LogP contribution in [0, 0.1) is 0 Å². The number of benzene rings is 1. The predicted molar refractivity (Wildman–Crippen MR) is 90.0 cm³/mol. The van der Waals surface area contributed by atoms with Crippen LogP contribution in [0.2, 0.25) is 0 Å². The average molecular weight is 329 g/mol. The van der Waals surface area contributed by atoms with Crippen molar-refractivity contribution in [2.24, 2.45) is 11.5 Å². The molecule has 2 rings (SSSR count). The highest BCUT2D eigenvalue weighted by atomic mass is 16.1. The van der Waals surface area contributed by atoms with Crippen LogP contribution in [0.1, 0.15) is 49.8 Å². The van der Waals surface area contributed by atoms with Gasteiger partial charge in [-0.05, 0) is 37.0 Å². The normalized spacial score (nSPS) is 12.8. The number of hydrogen-bond acceptors (Lipinski definition) is 4. The van der Waals surface area contributed by atoms with E-state index in [1.165, 1.54) is 6.33 Å². The van der Waals surface area contributed by atoms with E-state index in [0.29, 0.717) is 13.0 Å². The van der Waals surface area contributed by atoms with E-state index in [9.17, 15) is 9.59 Å². The molecule has 4 N–H and O–H groups in total. The summed E-state index contributed by atoms with van der Waals surface area (Å²) in [5.41, 5.74) is 12.7. The molecule has 1 atom stereocenters. The zero-order valence-corrected chi connectivity index (χ0v) is 14.2. The van der Waals surface area contributed by atoms with Crippen molar-refractivity contribution in [1.82, 2.24) is 14.8 Å². The first kappa shape index (κ1) is 17.7. The van der Waals surface area contributed by atoms with Crippen LogP contribution in [-0.4, -0.2) is 26.6 Å². The summed E-state index contributed by atoms with van der Waals surface area (Å²) in [6, 6.07) is 5.67. The van der Waals surface area contributed by atoms with Crippen LogP contribution in [0.5, 0.6) is 0 Å². The Balaban J connectivity index is 2.54. The van der Waals surface area contributed by atoms with E-state index in [1.807, 2.05) is 25.1 Å². The van der Waals surface area contributed by atoms with Gasteiger partial charge in [0.25, 0.3) is 0 Å². The summed E-state index contributed by atoms with van der Waals surface area (Å²) in [7, 11) is 0. The third kappa shape index (κ3) is 3.61. The number of nitrogens with zero attached hydrogens (tertiary/aromatic N) is 3. The van der Waals surface area contributed by atoms with Crippen LogP contribution in [-0.2, 0) is 21.5 Å². The van der Waals surface area contributed by atoms with Crippen molar-refractivity contribution in [2.75, 3.05) is 0 Å². The highest BCUT2D eigenvalue weighted by Crippen LogP contribution is 2.29. The van der Waals surface area contributed by atoms with Crippen molar-refractivity contribution < 1.29 is 9.59 Å². The standard InChI is InChI=1S/C17H23N5O2/c1-4-14(15(18)23)12-5-11(8-22-10-20-9-21-22)6-13(7-12)17(2,3)16(19)24/h5-7,9-10,14H,4,8H2,1-3H3,(H2,18,23)(H2,19,24). The summed E-state index contributed by atoms with van der Waals surface area (Å²) in [5, 5.41) is 4.09. The van der Waals surface area contributed by atoms with E-state index < -0.39 is 23.1 Å². The smallest absolute Gasteiger partial charge is 0.227 e. The number of carbonyl (C=O) groups excluding carboxylic acids is 2. The number of amides is 2. The fraction of sp³-hybridized carbons (Fsp3) is 0.412. The van der Waals surface area contributed by atoms with Gasteiger partial charge in [0.1, 0.15) is 12.7 Å². The van der Waals surface area contributed by atoms with E-state index >= 15 is 0 Å². The predicted octanol–water partition coefficient (Wildman–Crippen LogP) is 1.07. The van der Waals surface area contributed by atoms with Crippen molar-refractivity contribution in [1.29, 1.82) is 0 Å². The first-order chi connectivity index (χ1) is 11.3. The largest absolute Gasteiger partial charge is 0.369 e. The first-order valence-corrected chi connectivity index (χ1v) is 7.81. The summed E-state index contributed by atoms with van der Waals surface area (Å²) in [6.07, 6.45) is 3.64. The minimum Gasteiger partial charge on any atom is -0.369 e. The Morgan fingerprint density at radius 1 is 1.25 bits per heavy atom.